The van der Waals surface area contributed by atoms with E-state index in [1.165, 1.54) is 0 Å². The number of nitrogens with zero attached hydrogens (tertiary/aromatic N) is 6. The second-order valence-electron chi connectivity index (χ2n) is 1.91. The fourth-order valence-corrected chi connectivity index (χ4v) is 0.335. The van der Waals surface area contributed by atoms with Crippen LogP contribution in [0.4, 0.5) is 0 Å². The van der Waals surface area contributed by atoms with Gasteiger partial charge in [0.1, 0.15) is 0 Å². The van der Waals surface area contributed by atoms with Gasteiger partial charge < -0.3 is 69.4 Å². The SMILES string of the molecule is CNCCN(C)C.[C-]#N.[C-]#N.[C-]#N.[C-]#N.[C-]#N.[Fe+5]. The van der Waals surface area contributed by atoms with Crippen molar-refractivity contribution in [1.82, 2.24) is 10.2 Å². The van der Waals surface area contributed by atoms with E-state index in [2.05, 4.69) is 24.3 Å². The number of rotatable bonds is 3. The molecule has 0 heterocycles. The van der Waals surface area contributed by atoms with Crippen LogP contribution < -0.4 is 5.32 Å². The van der Waals surface area contributed by atoms with E-state index in [-0.39, 0.29) is 17.1 Å². The van der Waals surface area contributed by atoms with Crippen molar-refractivity contribution in [2.75, 3.05) is 34.2 Å². The molecule has 18 heavy (non-hydrogen) atoms. The Morgan fingerprint density at radius 1 is 0.778 bits per heavy atom. The van der Waals surface area contributed by atoms with Crippen LogP contribution >= 0.6 is 0 Å². The van der Waals surface area contributed by atoms with Gasteiger partial charge in [-0.1, -0.05) is 0 Å². The summed E-state index contributed by atoms with van der Waals surface area (Å²) in [5.74, 6) is 0. The Morgan fingerprint density at radius 2 is 1.00 bits per heavy atom. The molecule has 0 aliphatic rings. The summed E-state index contributed by atoms with van der Waals surface area (Å²) in [6, 6.07) is 0. The van der Waals surface area contributed by atoms with Crippen molar-refractivity contribution >= 4 is 0 Å². The summed E-state index contributed by atoms with van der Waals surface area (Å²) in [5.41, 5.74) is 0. The molecule has 0 rings (SSSR count). The van der Waals surface area contributed by atoms with Gasteiger partial charge in [-0.3, -0.25) is 0 Å². The van der Waals surface area contributed by atoms with E-state index >= 15 is 0 Å². The van der Waals surface area contributed by atoms with Crippen molar-refractivity contribution in [3.05, 3.63) is 32.9 Å². The topological polar surface area (TPSA) is 134 Å². The molecule has 0 aliphatic heterocycles. The van der Waals surface area contributed by atoms with Gasteiger partial charge in [-0.15, -0.1) is 0 Å². The Morgan fingerprint density at radius 3 is 1.06 bits per heavy atom. The molecule has 0 aromatic rings. The summed E-state index contributed by atoms with van der Waals surface area (Å²) >= 11 is 0. The molecule has 1 N–H and O–H groups in total. The maximum absolute atomic E-state index is 6.25. The van der Waals surface area contributed by atoms with Gasteiger partial charge in [0, 0.05) is 13.1 Å². The number of hydrogen-bond acceptors (Lipinski definition) is 7. The zero-order valence-corrected chi connectivity index (χ0v) is 11.6. The van der Waals surface area contributed by atoms with Crippen LogP contribution in [0.5, 0.6) is 0 Å². The first-order valence-corrected chi connectivity index (χ1v) is 3.68. The van der Waals surface area contributed by atoms with Gasteiger partial charge in [-0.25, -0.2) is 0 Å². The molecule has 0 aromatic heterocycles. The third kappa shape index (κ3) is 646. The van der Waals surface area contributed by atoms with Crippen molar-refractivity contribution in [3.63, 3.8) is 0 Å². The molecule has 0 saturated carbocycles. The van der Waals surface area contributed by atoms with E-state index in [0.29, 0.717) is 0 Å². The Balaban J connectivity index is -0.0000000189. The van der Waals surface area contributed by atoms with Crippen LogP contribution in [0.25, 0.3) is 0 Å². The first-order chi connectivity index (χ1) is 8.27. The molecule has 1 radical (unpaired) electrons. The van der Waals surface area contributed by atoms with E-state index in [9.17, 15) is 0 Å². The van der Waals surface area contributed by atoms with Crippen LogP contribution in [0.1, 0.15) is 0 Å². The molecule has 0 bridgehead atoms. The fourth-order valence-electron chi connectivity index (χ4n) is 0.335. The summed E-state index contributed by atoms with van der Waals surface area (Å²) in [7, 11) is 6.10. The van der Waals surface area contributed by atoms with Gasteiger partial charge >= 0.3 is 17.1 Å². The van der Waals surface area contributed by atoms with E-state index in [0.717, 1.165) is 13.1 Å². The number of nitrogens with one attached hydrogen (secondary N) is 1. The monoisotopic (exact) mass is 288 g/mol. The third-order valence-electron chi connectivity index (χ3n) is 0.809. The Bertz CT molecular complexity index is 146. The van der Waals surface area contributed by atoms with Crippen molar-refractivity contribution in [1.29, 1.82) is 26.3 Å². The molecule has 0 amide bonds. The van der Waals surface area contributed by atoms with Gasteiger partial charge in [-0.2, -0.15) is 0 Å². The van der Waals surface area contributed by atoms with Crippen LogP contribution in [0.3, 0.4) is 0 Å². The average Bonchev–Trinajstić information content (AvgIpc) is 2.47. The van der Waals surface area contributed by atoms with Gasteiger partial charge in [0.15, 0.2) is 0 Å². The zero-order chi connectivity index (χ0) is 15.7. The van der Waals surface area contributed by atoms with Crippen LogP contribution in [0, 0.1) is 59.2 Å². The van der Waals surface area contributed by atoms with Crippen LogP contribution in [-0.4, -0.2) is 39.1 Å². The summed E-state index contributed by atoms with van der Waals surface area (Å²) in [4.78, 5) is 2.15. The minimum absolute atomic E-state index is 0. The molecule has 97 valence electrons. The normalized spacial score (nSPS) is 4.56. The molecule has 0 unspecified atom stereocenters. The molecular weight excluding hydrogens is 274 g/mol. The summed E-state index contributed by atoms with van der Waals surface area (Å²) in [6.45, 7) is 25.9. The largest absolute Gasteiger partial charge is 5.00 e. The predicted molar refractivity (Wildman–Crippen MR) is 57.3 cm³/mol. The van der Waals surface area contributed by atoms with E-state index < -0.39 is 0 Å². The molecule has 0 aliphatic carbocycles. The number of hydrogen-bond donors (Lipinski definition) is 1. The van der Waals surface area contributed by atoms with E-state index in [4.69, 9.17) is 59.2 Å². The summed E-state index contributed by atoms with van der Waals surface area (Å²) < 4.78 is 0. The van der Waals surface area contributed by atoms with Gasteiger partial charge in [-0.05, 0) is 21.1 Å². The zero-order valence-electron chi connectivity index (χ0n) is 10.5. The molecule has 8 heteroatoms. The van der Waals surface area contributed by atoms with E-state index in [1.54, 1.807) is 0 Å². The summed E-state index contributed by atoms with van der Waals surface area (Å²) in [6.07, 6.45) is 0. The van der Waals surface area contributed by atoms with Crippen molar-refractivity contribution in [3.8, 4) is 0 Å². The predicted octanol–water partition coefficient (Wildman–Crippen LogP) is 0.247. The van der Waals surface area contributed by atoms with Gasteiger partial charge in [0.25, 0.3) is 0 Å². The molecule has 7 nitrogen and oxygen atoms in total. The number of likely N-dealkylation sites (N-methyl/N-ethyl adjacent to an activating group) is 2. The van der Waals surface area contributed by atoms with E-state index in [1.807, 2.05) is 7.05 Å². The second-order valence-corrected chi connectivity index (χ2v) is 1.91. The smallest absolute Gasteiger partial charge is 0.512 e. The molecular formula is C10H14FeN7. The summed E-state index contributed by atoms with van der Waals surface area (Å²) in [5, 5.41) is 34.3. The van der Waals surface area contributed by atoms with Gasteiger partial charge in [0.2, 0.25) is 0 Å². The fraction of sp³-hybridized carbons (Fsp3) is 0.500. The van der Waals surface area contributed by atoms with Crippen molar-refractivity contribution in [2.24, 2.45) is 0 Å². The Kier molecular flexibility index (Phi) is 470. The van der Waals surface area contributed by atoms with Crippen molar-refractivity contribution < 1.29 is 17.1 Å². The minimum atomic E-state index is 0. The standard InChI is InChI=1S/C5H14N2.5CN.Fe/c1-6-4-5-7(2)3;5*1-2;/h6H,4-5H2,1-3H3;;;;;;/q;5*-1;+5. The molecule has 0 fully saturated rings. The first kappa shape index (κ1) is 44.6. The molecule has 0 saturated heterocycles. The minimum Gasteiger partial charge on any atom is -0.512 e. The Labute approximate surface area is 121 Å². The van der Waals surface area contributed by atoms with Crippen LogP contribution in [0.2, 0.25) is 0 Å². The second kappa shape index (κ2) is 190. The first-order valence-electron chi connectivity index (χ1n) is 3.68. The maximum atomic E-state index is 6.25. The molecule has 0 atom stereocenters. The quantitative estimate of drug-likeness (QED) is 0.580. The third-order valence-corrected chi connectivity index (χ3v) is 0.809. The average molecular weight is 288 g/mol. The van der Waals surface area contributed by atoms with Crippen LogP contribution in [0.15, 0.2) is 0 Å². The van der Waals surface area contributed by atoms with Crippen molar-refractivity contribution in [2.45, 2.75) is 0 Å². The molecule has 0 aromatic carbocycles. The van der Waals surface area contributed by atoms with Gasteiger partial charge in [0.05, 0.1) is 0 Å². The Hall–Kier alpha value is -2.11. The maximum Gasteiger partial charge on any atom is 5.00 e. The molecule has 0 spiro atoms. The van der Waals surface area contributed by atoms with Crippen LogP contribution in [-0.2, 0) is 17.1 Å².